The Morgan fingerprint density at radius 2 is 1.54 bits per heavy atom. The summed E-state index contributed by atoms with van der Waals surface area (Å²) in [5, 5.41) is 0. The molecule has 1 aromatic rings. The molecule has 2 aliphatic rings. The fourth-order valence-electron chi connectivity index (χ4n) is 3.57. The van der Waals surface area contributed by atoms with E-state index in [1.165, 1.54) is 5.56 Å². The monoisotopic (exact) mass is 382 g/mol. The second-order valence-electron chi connectivity index (χ2n) is 7.20. The van der Waals surface area contributed by atoms with Crippen LogP contribution in [0.15, 0.2) is 18.2 Å². The number of aryl methyl sites for hydroxylation is 1. The van der Waals surface area contributed by atoms with E-state index >= 15 is 0 Å². The molecule has 0 atom stereocenters. The van der Waals surface area contributed by atoms with E-state index in [0.29, 0.717) is 26.2 Å². The Morgan fingerprint density at radius 3 is 2.12 bits per heavy atom. The number of nitrogens with zero attached hydrogens (tertiary/aromatic N) is 4. The number of benzene rings is 1. The maximum atomic E-state index is 12.9. The fourth-order valence-corrected chi connectivity index (χ4v) is 5.15. The van der Waals surface area contributed by atoms with Crippen LogP contribution in [-0.2, 0) is 16.8 Å². The van der Waals surface area contributed by atoms with Gasteiger partial charge in [-0.05, 0) is 20.0 Å². The lowest BCUT2D eigenvalue weighted by Crippen LogP contribution is -2.56. The molecule has 7 nitrogen and oxygen atoms in total. The van der Waals surface area contributed by atoms with E-state index in [4.69, 9.17) is 4.74 Å². The second-order valence-corrected chi connectivity index (χ2v) is 9.13. The lowest BCUT2D eigenvalue weighted by atomic mass is 10.1. The normalized spacial score (nSPS) is 21.8. The highest BCUT2D eigenvalue weighted by Gasteiger charge is 2.33. The molecule has 0 amide bonds. The smallest absolute Gasteiger partial charge is 0.282 e. The van der Waals surface area contributed by atoms with Gasteiger partial charge in [-0.25, -0.2) is 0 Å². The largest absolute Gasteiger partial charge is 0.496 e. The van der Waals surface area contributed by atoms with Crippen LogP contribution in [0.5, 0.6) is 5.75 Å². The summed E-state index contributed by atoms with van der Waals surface area (Å²) in [5.41, 5.74) is 2.36. The molecule has 26 heavy (non-hydrogen) atoms. The van der Waals surface area contributed by atoms with Crippen LogP contribution >= 0.6 is 0 Å². The number of hydrogen-bond donors (Lipinski definition) is 0. The van der Waals surface area contributed by atoms with Crippen LogP contribution in [0.4, 0.5) is 0 Å². The molecule has 8 heteroatoms. The van der Waals surface area contributed by atoms with Gasteiger partial charge in [-0.1, -0.05) is 17.7 Å². The van der Waals surface area contributed by atoms with Crippen molar-refractivity contribution in [2.75, 3.05) is 66.5 Å². The predicted molar refractivity (Wildman–Crippen MR) is 103 cm³/mol. The molecule has 0 bridgehead atoms. The van der Waals surface area contributed by atoms with Crippen LogP contribution in [0, 0.1) is 6.92 Å². The summed E-state index contributed by atoms with van der Waals surface area (Å²) in [6, 6.07) is 6.19. The van der Waals surface area contributed by atoms with Gasteiger partial charge in [0.25, 0.3) is 10.2 Å². The molecule has 0 aliphatic carbocycles. The van der Waals surface area contributed by atoms with Gasteiger partial charge in [0, 0.05) is 64.5 Å². The highest BCUT2D eigenvalue weighted by Crippen LogP contribution is 2.22. The quantitative estimate of drug-likeness (QED) is 0.747. The first-order valence-electron chi connectivity index (χ1n) is 9.20. The standard InChI is InChI=1S/C18H30N4O3S/c1-16-4-5-18(25-3)17(14-16)15-20-8-12-22(13-9-20)26(23,24)21-10-6-19(2)7-11-21/h4-5,14H,6-13,15H2,1-3H3. The summed E-state index contributed by atoms with van der Waals surface area (Å²) in [4.78, 5) is 4.46. The van der Waals surface area contributed by atoms with Crippen molar-refractivity contribution in [2.45, 2.75) is 13.5 Å². The Kier molecular flexibility index (Phi) is 6.19. The number of piperazine rings is 2. The van der Waals surface area contributed by atoms with Gasteiger partial charge in [0.15, 0.2) is 0 Å². The summed E-state index contributed by atoms with van der Waals surface area (Å²) in [6.45, 7) is 8.19. The summed E-state index contributed by atoms with van der Waals surface area (Å²) in [6.07, 6.45) is 0. The van der Waals surface area contributed by atoms with Crippen molar-refractivity contribution < 1.29 is 13.2 Å². The van der Waals surface area contributed by atoms with E-state index in [-0.39, 0.29) is 0 Å². The minimum atomic E-state index is -3.34. The number of hydrogen-bond acceptors (Lipinski definition) is 5. The molecule has 0 N–H and O–H groups in total. The van der Waals surface area contributed by atoms with Gasteiger partial charge in [-0.2, -0.15) is 17.0 Å². The van der Waals surface area contributed by atoms with Crippen molar-refractivity contribution in [1.29, 1.82) is 0 Å². The molecule has 2 saturated heterocycles. The molecule has 0 radical (unpaired) electrons. The van der Waals surface area contributed by atoms with E-state index < -0.39 is 10.2 Å². The van der Waals surface area contributed by atoms with Crippen molar-refractivity contribution in [2.24, 2.45) is 0 Å². The van der Waals surface area contributed by atoms with Crippen molar-refractivity contribution in [3.05, 3.63) is 29.3 Å². The third-order valence-electron chi connectivity index (χ3n) is 5.28. The first-order chi connectivity index (χ1) is 12.4. The molecule has 2 heterocycles. The molecular weight excluding hydrogens is 352 g/mol. The zero-order valence-corrected chi connectivity index (χ0v) is 16.8. The maximum absolute atomic E-state index is 12.9. The van der Waals surface area contributed by atoms with Crippen molar-refractivity contribution in [1.82, 2.24) is 18.4 Å². The number of methoxy groups -OCH3 is 1. The lowest BCUT2D eigenvalue weighted by Gasteiger charge is -2.39. The molecule has 0 spiro atoms. The van der Waals surface area contributed by atoms with E-state index in [2.05, 4.69) is 22.8 Å². The third-order valence-corrected chi connectivity index (χ3v) is 7.31. The third kappa shape index (κ3) is 4.37. The van der Waals surface area contributed by atoms with Gasteiger partial charge in [0.05, 0.1) is 7.11 Å². The number of likely N-dealkylation sites (N-methyl/N-ethyl adjacent to an activating group) is 1. The van der Waals surface area contributed by atoms with Gasteiger partial charge >= 0.3 is 0 Å². The van der Waals surface area contributed by atoms with Crippen LogP contribution < -0.4 is 4.74 Å². The minimum Gasteiger partial charge on any atom is -0.496 e. The van der Waals surface area contributed by atoms with Crippen LogP contribution in [0.3, 0.4) is 0 Å². The number of ether oxygens (including phenoxy) is 1. The highest BCUT2D eigenvalue weighted by atomic mass is 32.2. The zero-order valence-electron chi connectivity index (χ0n) is 16.0. The van der Waals surface area contributed by atoms with Crippen LogP contribution in [0.1, 0.15) is 11.1 Å². The summed E-state index contributed by atoms with van der Waals surface area (Å²) < 4.78 is 34.4. The first kappa shape index (κ1) is 19.6. The zero-order chi connectivity index (χ0) is 18.7. The van der Waals surface area contributed by atoms with Crippen LogP contribution in [0.25, 0.3) is 0 Å². The fraction of sp³-hybridized carbons (Fsp3) is 0.667. The topological polar surface area (TPSA) is 56.3 Å². The van der Waals surface area contributed by atoms with Gasteiger partial charge in [0.1, 0.15) is 5.75 Å². The average Bonchev–Trinajstić information content (AvgIpc) is 2.63. The Labute approximate surface area is 157 Å². The van der Waals surface area contributed by atoms with Crippen molar-refractivity contribution >= 4 is 10.2 Å². The average molecular weight is 383 g/mol. The Morgan fingerprint density at radius 1 is 0.962 bits per heavy atom. The van der Waals surface area contributed by atoms with Crippen molar-refractivity contribution in [3.8, 4) is 5.75 Å². The maximum Gasteiger partial charge on any atom is 0.282 e. The highest BCUT2D eigenvalue weighted by molar-refractivity contribution is 7.86. The predicted octanol–water partition coefficient (Wildman–Crippen LogP) is 0.613. The molecular formula is C18H30N4O3S. The molecule has 3 rings (SSSR count). The number of rotatable bonds is 5. The second kappa shape index (κ2) is 8.22. The Hall–Kier alpha value is -1.19. The van der Waals surface area contributed by atoms with Gasteiger partial charge in [-0.3, -0.25) is 4.90 Å². The minimum absolute atomic E-state index is 0.544. The molecule has 2 aliphatic heterocycles. The van der Waals surface area contributed by atoms with E-state index in [0.717, 1.165) is 44.0 Å². The van der Waals surface area contributed by atoms with Crippen molar-refractivity contribution in [3.63, 3.8) is 0 Å². The Balaban J connectivity index is 1.58. The van der Waals surface area contributed by atoms with E-state index in [1.807, 2.05) is 19.2 Å². The Bertz CT molecular complexity index is 709. The van der Waals surface area contributed by atoms with Crippen LogP contribution in [-0.4, -0.2) is 93.3 Å². The summed E-state index contributed by atoms with van der Waals surface area (Å²) >= 11 is 0. The van der Waals surface area contributed by atoms with E-state index in [9.17, 15) is 8.42 Å². The molecule has 1 aromatic carbocycles. The molecule has 146 valence electrons. The molecule has 0 saturated carbocycles. The summed E-state index contributed by atoms with van der Waals surface area (Å²) in [7, 11) is 0.384. The van der Waals surface area contributed by atoms with Crippen LogP contribution in [0.2, 0.25) is 0 Å². The van der Waals surface area contributed by atoms with Gasteiger partial charge < -0.3 is 9.64 Å². The summed E-state index contributed by atoms with van der Waals surface area (Å²) in [5.74, 6) is 0.892. The SMILES string of the molecule is COc1ccc(C)cc1CN1CCN(S(=O)(=O)N2CCN(C)CC2)CC1. The van der Waals surface area contributed by atoms with Gasteiger partial charge in [-0.15, -0.1) is 0 Å². The lowest BCUT2D eigenvalue weighted by molar-refractivity contribution is 0.164. The molecule has 0 unspecified atom stereocenters. The van der Waals surface area contributed by atoms with Gasteiger partial charge in [0.2, 0.25) is 0 Å². The first-order valence-corrected chi connectivity index (χ1v) is 10.6. The molecule has 0 aromatic heterocycles. The molecule has 2 fully saturated rings. The van der Waals surface area contributed by atoms with E-state index in [1.54, 1.807) is 15.7 Å².